The van der Waals surface area contributed by atoms with Gasteiger partial charge in [-0.2, -0.15) is 0 Å². The van der Waals surface area contributed by atoms with E-state index in [4.69, 9.17) is 4.74 Å². The average Bonchev–Trinajstić information content (AvgIpc) is 3.35. The van der Waals surface area contributed by atoms with Gasteiger partial charge in [0.15, 0.2) is 0 Å². The Morgan fingerprint density at radius 3 is 2.27 bits per heavy atom. The summed E-state index contributed by atoms with van der Waals surface area (Å²) >= 11 is 0. The molecule has 3 nitrogen and oxygen atoms in total. The van der Waals surface area contributed by atoms with Gasteiger partial charge in [-0.25, -0.2) is 0 Å². The van der Waals surface area contributed by atoms with E-state index in [1.807, 2.05) is 13.8 Å². The average molecular weight is 457 g/mol. The van der Waals surface area contributed by atoms with Crippen LogP contribution in [0.2, 0.25) is 0 Å². The summed E-state index contributed by atoms with van der Waals surface area (Å²) in [7, 11) is 0. The van der Waals surface area contributed by atoms with E-state index >= 15 is 0 Å². The summed E-state index contributed by atoms with van der Waals surface area (Å²) in [5, 5.41) is 10.8. The highest BCUT2D eigenvalue weighted by Gasteiger charge is 2.83. The zero-order chi connectivity index (χ0) is 23.8. The molecule has 3 heteroatoms. The Kier molecular flexibility index (Phi) is 4.51. The van der Waals surface area contributed by atoms with Crippen LogP contribution in [0.4, 0.5) is 0 Å². The molecule has 0 aromatic carbocycles. The molecule has 5 saturated carbocycles. The monoisotopic (exact) mass is 456 g/mol. The molecule has 0 aromatic rings. The van der Waals surface area contributed by atoms with Crippen LogP contribution in [0.3, 0.4) is 0 Å². The third kappa shape index (κ3) is 2.58. The molecular formula is C30H48O3. The highest BCUT2D eigenvalue weighted by atomic mass is 16.5. The zero-order valence-corrected chi connectivity index (χ0v) is 22.3. The van der Waals surface area contributed by atoms with Gasteiger partial charge in [0.05, 0.1) is 17.8 Å². The van der Waals surface area contributed by atoms with Crippen molar-refractivity contribution < 1.29 is 14.6 Å². The van der Waals surface area contributed by atoms with Gasteiger partial charge < -0.3 is 9.84 Å². The van der Waals surface area contributed by atoms with E-state index in [1.54, 1.807) is 0 Å². The van der Waals surface area contributed by atoms with Crippen LogP contribution in [0.5, 0.6) is 0 Å². The summed E-state index contributed by atoms with van der Waals surface area (Å²) in [6, 6.07) is 0. The van der Waals surface area contributed by atoms with E-state index in [0.717, 1.165) is 25.2 Å². The standard InChI is InChI=1S/C30H48O3/c1-18-8-11-23(26(4,5)32)33-19-16-28(7)21-10-9-20-25(2,3)22(31)12-13-29(20)17-30(21,29)15-14-27(28,6)24(18)19/h18-21,23-24,32H,8-17H2,1-7H3/t18-,19+,20+,21+,23+,24+,27-,28+,29-,30+/m1/s1. The molecule has 1 saturated heterocycles. The van der Waals surface area contributed by atoms with Crippen molar-refractivity contribution in [2.24, 2.45) is 50.7 Å². The smallest absolute Gasteiger partial charge is 0.138 e. The van der Waals surface area contributed by atoms with Crippen LogP contribution < -0.4 is 0 Å². The van der Waals surface area contributed by atoms with E-state index in [-0.39, 0.29) is 17.6 Å². The van der Waals surface area contributed by atoms with Crippen molar-refractivity contribution in [1.82, 2.24) is 0 Å². The van der Waals surface area contributed by atoms with Gasteiger partial charge >= 0.3 is 0 Å². The third-order valence-electron chi connectivity index (χ3n) is 13.5. The van der Waals surface area contributed by atoms with Gasteiger partial charge in [-0.05, 0) is 117 Å². The number of carbonyl (C=O) groups excluding carboxylic acids is 1. The fourth-order valence-corrected chi connectivity index (χ4v) is 11.8. The van der Waals surface area contributed by atoms with E-state index in [2.05, 4.69) is 34.6 Å². The topological polar surface area (TPSA) is 46.5 Å². The number of Topliss-reactive ketones (excluding diaryl/α,β-unsaturated/α-hetero) is 1. The molecule has 0 bridgehead atoms. The quantitative estimate of drug-likeness (QED) is 0.486. The summed E-state index contributed by atoms with van der Waals surface area (Å²) in [5.41, 5.74) is 0.626. The molecule has 6 rings (SSSR count). The maximum absolute atomic E-state index is 12.9. The fraction of sp³-hybridized carbons (Fsp3) is 0.967. The molecule has 2 spiro atoms. The van der Waals surface area contributed by atoms with Crippen molar-refractivity contribution in [2.45, 2.75) is 130 Å². The highest BCUT2D eigenvalue weighted by molar-refractivity contribution is 5.86. The first kappa shape index (κ1) is 23.0. The Balaban J connectivity index is 1.37. The maximum atomic E-state index is 12.9. The molecule has 33 heavy (non-hydrogen) atoms. The number of rotatable bonds is 1. The van der Waals surface area contributed by atoms with Crippen LogP contribution in [0.25, 0.3) is 0 Å². The molecule has 0 amide bonds. The van der Waals surface area contributed by atoms with Gasteiger partial charge in [0.2, 0.25) is 0 Å². The minimum Gasteiger partial charge on any atom is -0.388 e. The number of hydrogen-bond donors (Lipinski definition) is 1. The number of aliphatic hydroxyl groups is 1. The minimum atomic E-state index is -0.774. The van der Waals surface area contributed by atoms with Gasteiger partial charge in [0.1, 0.15) is 5.78 Å². The lowest BCUT2D eigenvalue weighted by molar-refractivity contribution is -0.157. The zero-order valence-electron chi connectivity index (χ0n) is 22.3. The molecule has 5 aliphatic carbocycles. The maximum Gasteiger partial charge on any atom is 0.138 e. The van der Waals surface area contributed by atoms with Gasteiger partial charge in [0, 0.05) is 11.8 Å². The molecule has 0 aromatic heterocycles. The van der Waals surface area contributed by atoms with Crippen LogP contribution in [-0.4, -0.2) is 28.7 Å². The normalized spacial score (nSPS) is 57.2. The van der Waals surface area contributed by atoms with Crippen LogP contribution in [0.1, 0.15) is 113 Å². The first-order valence-electron chi connectivity index (χ1n) is 14.1. The lowest BCUT2D eigenvalue weighted by Crippen LogP contribution is -2.57. The number of carbonyl (C=O) groups is 1. The second kappa shape index (κ2) is 6.47. The van der Waals surface area contributed by atoms with Crippen LogP contribution in [0.15, 0.2) is 0 Å². The van der Waals surface area contributed by atoms with Crippen molar-refractivity contribution in [3.05, 3.63) is 0 Å². The Labute approximate surface area is 201 Å². The molecule has 0 radical (unpaired) electrons. The summed E-state index contributed by atoms with van der Waals surface area (Å²) in [5.74, 6) is 3.14. The van der Waals surface area contributed by atoms with Gasteiger partial charge in [-0.1, -0.05) is 34.6 Å². The van der Waals surface area contributed by atoms with Gasteiger partial charge in [-0.3, -0.25) is 4.79 Å². The van der Waals surface area contributed by atoms with E-state index in [1.165, 1.54) is 44.9 Å². The van der Waals surface area contributed by atoms with Crippen LogP contribution >= 0.6 is 0 Å². The predicted molar refractivity (Wildman–Crippen MR) is 131 cm³/mol. The third-order valence-corrected chi connectivity index (χ3v) is 13.5. The molecule has 6 aliphatic rings. The Morgan fingerprint density at radius 1 is 0.909 bits per heavy atom. The van der Waals surface area contributed by atoms with Crippen molar-refractivity contribution in [3.63, 3.8) is 0 Å². The largest absolute Gasteiger partial charge is 0.388 e. The van der Waals surface area contributed by atoms with Crippen molar-refractivity contribution in [2.75, 3.05) is 0 Å². The van der Waals surface area contributed by atoms with Crippen LogP contribution in [0, 0.1) is 50.7 Å². The Morgan fingerprint density at radius 2 is 1.58 bits per heavy atom. The molecule has 0 unspecified atom stereocenters. The van der Waals surface area contributed by atoms with E-state index in [0.29, 0.717) is 45.2 Å². The molecule has 1 heterocycles. The first-order valence-corrected chi connectivity index (χ1v) is 14.1. The highest BCUT2D eigenvalue weighted by Crippen LogP contribution is 2.89. The van der Waals surface area contributed by atoms with Crippen molar-refractivity contribution >= 4 is 5.78 Å². The summed E-state index contributed by atoms with van der Waals surface area (Å²) in [6.45, 7) is 16.1. The Bertz CT molecular complexity index is 870. The second-order valence-corrected chi connectivity index (χ2v) is 15.3. The number of ketones is 1. The minimum absolute atomic E-state index is 0.0515. The second-order valence-electron chi connectivity index (χ2n) is 15.3. The lowest BCUT2D eigenvalue weighted by Gasteiger charge is -2.62. The number of ether oxygens (including phenoxy) is 1. The van der Waals surface area contributed by atoms with Gasteiger partial charge in [0.25, 0.3) is 0 Å². The SMILES string of the molecule is C[C@@H]1CC[C@@H](C(C)(C)O)O[C@H]2C[C@@]3(C)[C@@H]4CC[C@H]5C(C)(C)C(=O)CC[C@@]56C[C@@]46CC[C@]3(C)[C@@H]12. The molecule has 6 fully saturated rings. The lowest BCUT2D eigenvalue weighted by atomic mass is 9.42. The molecular weight excluding hydrogens is 408 g/mol. The van der Waals surface area contributed by atoms with Crippen LogP contribution in [-0.2, 0) is 9.53 Å². The number of fused-ring (bicyclic) bond motifs is 4. The first-order chi connectivity index (χ1) is 15.2. The summed E-state index contributed by atoms with van der Waals surface area (Å²) in [4.78, 5) is 12.9. The molecule has 10 atom stereocenters. The molecule has 1 aliphatic heterocycles. The number of hydrogen-bond acceptors (Lipinski definition) is 3. The Hall–Kier alpha value is -0.410. The molecule has 1 N–H and O–H groups in total. The van der Waals surface area contributed by atoms with E-state index < -0.39 is 5.60 Å². The van der Waals surface area contributed by atoms with Crippen molar-refractivity contribution in [3.8, 4) is 0 Å². The fourth-order valence-electron chi connectivity index (χ4n) is 11.8. The van der Waals surface area contributed by atoms with E-state index in [9.17, 15) is 9.90 Å². The predicted octanol–water partition coefficient (Wildman–Crippen LogP) is 6.56. The van der Waals surface area contributed by atoms with Crippen molar-refractivity contribution in [1.29, 1.82) is 0 Å². The van der Waals surface area contributed by atoms with Gasteiger partial charge in [-0.15, -0.1) is 0 Å². The molecule has 186 valence electrons. The summed E-state index contributed by atoms with van der Waals surface area (Å²) in [6.07, 6.45) is 12.1. The summed E-state index contributed by atoms with van der Waals surface area (Å²) < 4.78 is 6.88.